The van der Waals surface area contributed by atoms with Gasteiger partial charge in [-0.15, -0.1) is 0 Å². The van der Waals surface area contributed by atoms with Gasteiger partial charge >= 0.3 is 6.18 Å². The lowest BCUT2D eigenvalue weighted by Crippen LogP contribution is -2.05. The Hall–Kier alpha value is -1.82. The molecule has 2 aromatic carbocycles. The highest BCUT2D eigenvalue weighted by atomic mass is 79.9. The number of benzene rings is 2. The lowest BCUT2D eigenvalue weighted by atomic mass is 10.1. The first kappa shape index (κ1) is 15.6. The van der Waals surface area contributed by atoms with Crippen LogP contribution in [0.4, 0.5) is 13.2 Å². The van der Waals surface area contributed by atoms with Crippen molar-refractivity contribution in [2.45, 2.75) is 12.8 Å². The first-order valence-corrected chi connectivity index (χ1v) is 6.74. The number of alkyl halides is 3. The molecule has 0 aliphatic carbocycles. The minimum Gasteiger partial charge on any atom is -0.390 e. The molecular weight excluding hydrogens is 347 g/mol. The van der Waals surface area contributed by atoms with E-state index in [1.807, 2.05) is 12.1 Å². The van der Waals surface area contributed by atoms with Crippen molar-refractivity contribution < 1.29 is 18.0 Å². The van der Waals surface area contributed by atoms with Gasteiger partial charge in [0, 0.05) is 10.0 Å². The summed E-state index contributed by atoms with van der Waals surface area (Å²) in [5.74, 6) is 0. The van der Waals surface area contributed by atoms with Gasteiger partial charge in [0.25, 0.3) is 0 Å². The molecule has 0 aliphatic rings. The summed E-state index contributed by atoms with van der Waals surface area (Å²) in [6.07, 6.45) is -1.71. The van der Waals surface area contributed by atoms with Gasteiger partial charge in [0.2, 0.25) is 0 Å². The van der Waals surface area contributed by atoms with Gasteiger partial charge in [-0.3, -0.25) is 0 Å². The van der Waals surface area contributed by atoms with E-state index >= 15 is 0 Å². The molecule has 0 aromatic heterocycles. The Bertz CT molecular complexity index is 624. The number of hydrogen-bond donors (Lipinski definition) is 0. The van der Waals surface area contributed by atoms with Crippen LogP contribution in [0.15, 0.2) is 58.2 Å². The summed E-state index contributed by atoms with van der Waals surface area (Å²) in [6, 6.07) is 12.1. The largest absolute Gasteiger partial charge is 0.416 e. The van der Waals surface area contributed by atoms with Crippen LogP contribution < -0.4 is 0 Å². The van der Waals surface area contributed by atoms with Gasteiger partial charge < -0.3 is 4.84 Å². The first-order valence-electron chi connectivity index (χ1n) is 5.95. The lowest BCUT2D eigenvalue weighted by molar-refractivity contribution is -0.137. The number of nitrogens with zero attached hydrogens (tertiary/aromatic N) is 1. The molecule has 1 radical (unpaired) electrons. The Morgan fingerprint density at radius 2 is 1.81 bits per heavy atom. The smallest absolute Gasteiger partial charge is 0.390 e. The van der Waals surface area contributed by atoms with Crippen LogP contribution in [-0.2, 0) is 17.6 Å². The van der Waals surface area contributed by atoms with Crippen molar-refractivity contribution >= 4 is 22.1 Å². The SMILES string of the molecule is FC(F)(F)c1cccc(CO/N=[C]\c2ccc(Br)cc2)c1. The summed E-state index contributed by atoms with van der Waals surface area (Å²) in [4.78, 5) is 4.96. The molecule has 0 aliphatic heterocycles. The van der Waals surface area contributed by atoms with Gasteiger partial charge in [-0.25, -0.2) is 0 Å². The van der Waals surface area contributed by atoms with E-state index in [4.69, 9.17) is 4.84 Å². The molecular formula is C15H10BrF3NO. The molecule has 0 unspecified atom stereocenters. The highest BCUT2D eigenvalue weighted by Crippen LogP contribution is 2.29. The summed E-state index contributed by atoms with van der Waals surface area (Å²) in [6.45, 7) is -0.0482. The molecule has 0 fully saturated rings. The summed E-state index contributed by atoms with van der Waals surface area (Å²) >= 11 is 3.30. The second kappa shape index (κ2) is 6.76. The van der Waals surface area contributed by atoms with E-state index in [2.05, 4.69) is 27.3 Å². The minimum absolute atomic E-state index is 0.0482. The van der Waals surface area contributed by atoms with E-state index in [-0.39, 0.29) is 6.61 Å². The molecule has 0 saturated heterocycles. The van der Waals surface area contributed by atoms with E-state index in [9.17, 15) is 13.2 Å². The fourth-order valence-electron chi connectivity index (χ4n) is 1.55. The molecule has 2 nitrogen and oxygen atoms in total. The second-order valence-electron chi connectivity index (χ2n) is 4.18. The zero-order valence-corrected chi connectivity index (χ0v) is 12.3. The third-order valence-electron chi connectivity index (χ3n) is 2.57. The quantitative estimate of drug-likeness (QED) is 0.564. The summed E-state index contributed by atoms with van der Waals surface area (Å²) in [5, 5.41) is 3.61. The average molecular weight is 357 g/mol. The predicted octanol–water partition coefficient (Wildman–Crippen LogP) is 4.90. The van der Waals surface area contributed by atoms with Crippen LogP contribution in [0.1, 0.15) is 16.7 Å². The normalized spacial score (nSPS) is 11.8. The Kier molecular flexibility index (Phi) is 5.01. The van der Waals surface area contributed by atoms with Crippen molar-refractivity contribution in [3.8, 4) is 0 Å². The fourth-order valence-corrected chi connectivity index (χ4v) is 1.82. The van der Waals surface area contributed by atoms with Crippen LogP contribution in [0.3, 0.4) is 0 Å². The zero-order valence-electron chi connectivity index (χ0n) is 10.7. The number of rotatable bonds is 4. The predicted molar refractivity (Wildman–Crippen MR) is 76.9 cm³/mol. The van der Waals surface area contributed by atoms with Crippen molar-refractivity contribution in [2.24, 2.45) is 5.16 Å². The van der Waals surface area contributed by atoms with Crippen LogP contribution in [0.25, 0.3) is 0 Å². The maximum atomic E-state index is 12.5. The molecule has 2 rings (SSSR count). The second-order valence-corrected chi connectivity index (χ2v) is 5.10. The van der Waals surface area contributed by atoms with Crippen molar-refractivity contribution in [1.29, 1.82) is 0 Å². The molecule has 0 amide bonds. The van der Waals surface area contributed by atoms with Gasteiger partial charge in [0.15, 0.2) is 0 Å². The van der Waals surface area contributed by atoms with E-state index < -0.39 is 11.7 Å². The molecule has 2 aromatic rings. The van der Waals surface area contributed by atoms with Gasteiger partial charge in [0.05, 0.1) is 5.56 Å². The van der Waals surface area contributed by atoms with Crippen LogP contribution in [0.5, 0.6) is 0 Å². The Balaban J connectivity index is 1.93. The maximum absolute atomic E-state index is 12.5. The average Bonchev–Trinajstić information content (AvgIpc) is 2.45. The van der Waals surface area contributed by atoms with Gasteiger partial charge in [0.1, 0.15) is 12.8 Å². The summed E-state index contributed by atoms with van der Waals surface area (Å²) in [7, 11) is 0. The zero-order chi connectivity index (χ0) is 15.3. The molecule has 6 heteroatoms. The van der Waals surface area contributed by atoms with Crippen molar-refractivity contribution in [2.75, 3.05) is 0 Å². The third kappa shape index (κ3) is 4.90. The van der Waals surface area contributed by atoms with E-state index in [0.29, 0.717) is 11.1 Å². The van der Waals surface area contributed by atoms with E-state index in [1.54, 1.807) is 18.2 Å². The van der Waals surface area contributed by atoms with Gasteiger partial charge in [-0.1, -0.05) is 45.4 Å². The van der Waals surface area contributed by atoms with Gasteiger partial charge in [-0.05, 0) is 29.8 Å². The minimum atomic E-state index is -4.36. The summed E-state index contributed by atoms with van der Waals surface area (Å²) < 4.78 is 38.5. The molecule has 0 atom stereocenters. The maximum Gasteiger partial charge on any atom is 0.416 e. The van der Waals surface area contributed by atoms with Crippen molar-refractivity contribution in [1.82, 2.24) is 0 Å². The van der Waals surface area contributed by atoms with E-state index in [1.165, 1.54) is 6.07 Å². The lowest BCUT2D eigenvalue weighted by Gasteiger charge is -2.07. The van der Waals surface area contributed by atoms with Crippen LogP contribution >= 0.6 is 15.9 Å². The van der Waals surface area contributed by atoms with Crippen LogP contribution in [-0.4, -0.2) is 6.21 Å². The molecule has 0 spiro atoms. The number of halogens is 4. The van der Waals surface area contributed by atoms with Crippen LogP contribution in [0, 0.1) is 0 Å². The first-order chi connectivity index (χ1) is 9.95. The third-order valence-corrected chi connectivity index (χ3v) is 3.10. The van der Waals surface area contributed by atoms with Gasteiger partial charge in [-0.2, -0.15) is 13.2 Å². The highest BCUT2D eigenvalue weighted by Gasteiger charge is 2.30. The van der Waals surface area contributed by atoms with Crippen molar-refractivity contribution in [3.05, 3.63) is 69.7 Å². The fraction of sp³-hybridized carbons (Fsp3) is 0.133. The Morgan fingerprint density at radius 3 is 2.48 bits per heavy atom. The standard InChI is InChI=1S/C15H10BrF3NO/c16-14-6-4-11(5-7-14)9-20-21-10-12-2-1-3-13(8-12)15(17,18)19/h1-8H,10H2. The molecule has 0 bridgehead atoms. The monoisotopic (exact) mass is 356 g/mol. The van der Waals surface area contributed by atoms with E-state index in [0.717, 1.165) is 16.6 Å². The molecule has 0 saturated carbocycles. The Morgan fingerprint density at radius 1 is 1.10 bits per heavy atom. The Labute approximate surface area is 128 Å². The molecule has 0 N–H and O–H groups in total. The van der Waals surface area contributed by atoms with Crippen LogP contribution in [0.2, 0.25) is 0 Å². The molecule has 109 valence electrons. The molecule has 21 heavy (non-hydrogen) atoms. The highest BCUT2D eigenvalue weighted by molar-refractivity contribution is 9.10. The topological polar surface area (TPSA) is 21.6 Å². The van der Waals surface area contributed by atoms with Crippen molar-refractivity contribution in [3.63, 3.8) is 0 Å². The summed E-state index contributed by atoms with van der Waals surface area (Å²) in [5.41, 5.74) is 0.401. The number of hydrogen-bond acceptors (Lipinski definition) is 2. The molecule has 0 heterocycles.